The molecule has 1 amide bonds. The highest BCUT2D eigenvalue weighted by Crippen LogP contribution is 1.98. The van der Waals surface area contributed by atoms with E-state index in [1.165, 1.54) is 0 Å². The summed E-state index contributed by atoms with van der Waals surface area (Å²) in [4.78, 5) is 17.7. The van der Waals surface area contributed by atoms with Crippen molar-refractivity contribution in [3.05, 3.63) is 29.6 Å². The molecule has 96 valence electrons. The Morgan fingerprint density at radius 2 is 2.00 bits per heavy atom. The quantitative estimate of drug-likeness (QED) is 0.867. The molecule has 17 heavy (non-hydrogen) atoms. The van der Waals surface area contributed by atoms with Crippen LogP contribution >= 0.6 is 0 Å². The molecule has 0 saturated heterocycles. The van der Waals surface area contributed by atoms with Gasteiger partial charge in [-0.25, -0.2) is 0 Å². The zero-order valence-corrected chi connectivity index (χ0v) is 11.4. The molecule has 1 heterocycles. The van der Waals surface area contributed by atoms with Gasteiger partial charge < -0.3 is 10.2 Å². The predicted molar refractivity (Wildman–Crippen MR) is 71.2 cm³/mol. The molecular formula is C13H23N3O. The van der Waals surface area contributed by atoms with Crippen molar-refractivity contribution in [2.45, 2.75) is 20.8 Å². The first kappa shape index (κ1) is 15.6. The number of carbonyl (C=O) groups excluding carboxylic acids is 1. The van der Waals surface area contributed by atoms with E-state index in [-0.39, 0.29) is 5.91 Å². The Kier molecular flexibility index (Phi) is 7.97. The molecule has 1 aromatic heterocycles. The molecule has 1 rings (SSSR count). The number of nitrogens with one attached hydrogen (secondary N) is 1. The molecule has 0 spiro atoms. The van der Waals surface area contributed by atoms with Gasteiger partial charge in [-0.15, -0.1) is 0 Å². The van der Waals surface area contributed by atoms with E-state index in [0.717, 1.165) is 12.2 Å². The van der Waals surface area contributed by atoms with Gasteiger partial charge in [0.25, 0.3) is 5.91 Å². The number of amides is 1. The highest BCUT2D eigenvalue weighted by atomic mass is 16.1. The van der Waals surface area contributed by atoms with E-state index in [2.05, 4.69) is 10.3 Å². The number of hydrogen-bond donors (Lipinski definition) is 1. The molecule has 4 nitrogen and oxygen atoms in total. The van der Waals surface area contributed by atoms with Crippen LogP contribution in [0, 0.1) is 6.92 Å². The second-order valence-electron chi connectivity index (χ2n) is 3.75. The van der Waals surface area contributed by atoms with Crippen LogP contribution in [0.2, 0.25) is 0 Å². The number of hydrogen-bond acceptors (Lipinski definition) is 3. The summed E-state index contributed by atoms with van der Waals surface area (Å²) in [6.07, 6.45) is 1.60. The van der Waals surface area contributed by atoms with Crippen molar-refractivity contribution in [3.8, 4) is 0 Å². The molecule has 0 aliphatic heterocycles. The lowest BCUT2D eigenvalue weighted by Gasteiger charge is -2.10. The Morgan fingerprint density at radius 3 is 2.47 bits per heavy atom. The van der Waals surface area contributed by atoms with E-state index in [1.54, 1.807) is 12.3 Å². The molecule has 0 aliphatic carbocycles. The lowest BCUT2D eigenvalue weighted by atomic mass is 10.2. The Labute approximate surface area is 104 Å². The summed E-state index contributed by atoms with van der Waals surface area (Å²) in [5, 5.41) is 2.83. The second kappa shape index (κ2) is 8.70. The SMILES string of the molecule is CC.Cc1ccc(C(=O)NCCN(C)C)cn1. The maximum Gasteiger partial charge on any atom is 0.252 e. The summed E-state index contributed by atoms with van der Waals surface area (Å²) >= 11 is 0. The topological polar surface area (TPSA) is 45.2 Å². The fraction of sp³-hybridized carbons (Fsp3) is 0.538. The number of pyridine rings is 1. The standard InChI is InChI=1S/C11H17N3O.C2H6/c1-9-4-5-10(8-13-9)11(15)12-6-7-14(2)3;1-2/h4-5,8H,6-7H2,1-3H3,(H,12,15);1-2H3. The van der Waals surface area contributed by atoms with E-state index in [9.17, 15) is 4.79 Å². The van der Waals surface area contributed by atoms with Crippen molar-refractivity contribution >= 4 is 5.91 Å². The molecule has 0 bridgehead atoms. The van der Waals surface area contributed by atoms with Gasteiger partial charge in [-0.2, -0.15) is 0 Å². The van der Waals surface area contributed by atoms with Crippen molar-refractivity contribution < 1.29 is 4.79 Å². The van der Waals surface area contributed by atoms with Crippen LogP contribution in [0.1, 0.15) is 29.9 Å². The van der Waals surface area contributed by atoms with Gasteiger partial charge in [0.1, 0.15) is 0 Å². The third kappa shape index (κ3) is 6.68. The molecule has 1 N–H and O–H groups in total. The fourth-order valence-corrected chi connectivity index (χ4v) is 1.10. The molecule has 0 aliphatic rings. The number of nitrogens with zero attached hydrogens (tertiary/aromatic N) is 2. The number of aryl methyl sites for hydroxylation is 1. The van der Waals surface area contributed by atoms with Gasteiger partial charge in [0.2, 0.25) is 0 Å². The number of likely N-dealkylation sites (N-methyl/N-ethyl adjacent to an activating group) is 1. The summed E-state index contributed by atoms with van der Waals surface area (Å²) in [5.74, 6) is -0.0654. The van der Waals surface area contributed by atoms with E-state index in [0.29, 0.717) is 12.1 Å². The van der Waals surface area contributed by atoms with Gasteiger partial charge in [-0.3, -0.25) is 9.78 Å². The third-order valence-electron chi connectivity index (χ3n) is 2.02. The minimum atomic E-state index is -0.0654. The summed E-state index contributed by atoms with van der Waals surface area (Å²) in [6.45, 7) is 7.39. The number of carbonyl (C=O) groups is 1. The smallest absolute Gasteiger partial charge is 0.252 e. The van der Waals surface area contributed by atoms with Gasteiger partial charge >= 0.3 is 0 Å². The van der Waals surface area contributed by atoms with Crippen molar-refractivity contribution in [2.75, 3.05) is 27.2 Å². The van der Waals surface area contributed by atoms with Crippen LogP contribution in [0.25, 0.3) is 0 Å². The molecule has 0 aromatic carbocycles. The second-order valence-corrected chi connectivity index (χ2v) is 3.75. The summed E-state index contributed by atoms with van der Waals surface area (Å²) < 4.78 is 0. The van der Waals surface area contributed by atoms with Crippen molar-refractivity contribution in [2.24, 2.45) is 0 Å². The van der Waals surface area contributed by atoms with Crippen LogP contribution in [-0.2, 0) is 0 Å². The molecular weight excluding hydrogens is 214 g/mol. The molecule has 4 heteroatoms. The lowest BCUT2D eigenvalue weighted by Crippen LogP contribution is -2.31. The lowest BCUT2D eigenvalue weighted by molar-refractivity contribution is 0.0950. The normalized spacial score (nSPS) is 9.53. The first-order chi connectivity index (χ1) is 8.09. The average molecular weight is 237 g/mol. The highest BCUT2D eigenvalue weighted by Gasteiger charge is 2.04. The minimum absolute atomic E-state index is 0.0654. The van der Waals surface area contributed by atoms with Gasteiger partial charge in [0.05, 0.1) is 5.56 Å². The minimum Gasteiger partial charge on any atom is -0.351 e. The van der Waals surface area contributed by atoms with Crippen LogP contribution in [-0.4, -0.2) is 43.0 Å². The number of aromatic nitrogens is 1. The van der Waals surface area contributed by atoms with Gasteiger partial charge in [0.15, 0.2) is 0 Å². The van der Waals surface area contributed by atoms with Crippen LogP contribution in [0.15, 0.2) is 18.3 Å². The molecule has 1 aromatic rings. The summed E-state index contributed by atoms with van der Waals surface area (Å²) in [5.41, 5.74) is 1.53. The Hall–Kier alpha value is -1.42. The Balaban J connectivity index is 0.00000121. The maximum absolute atomic E-state index is 11.6. The maximum atomic E-state index is 11.6. The third-order valence-corrected chi connectivity index (χ3v) is 2.02. The highest BCUT2D eigenvalue weighted by molar-refractivity contribution is 5.93. The van der Waals surface area contributed by atoms with Crippen molar-refractivity contribution in [1.29, 1.82) is 0 Å². The van der Waals surface area contributed by atoms with E-state index in [1.807, 2.05) is 45.8 Å². The summed E-state index contributed by atoms with van der Waals surface area (Å²) in [7, 11) is 3.94. The molecule has 0 unspecified atom stereocenters. The van der Waals surface area contributed by atoms with Crippen LogP contribution in [0.4, 0.5) is 0 Å². The van der Waals surface area contributed by atoms with Crippen LogP contribution < -0.4 is 5.32 Å². The monoisotopic (exact) mass is 237 g/mol. The molecule has 0 atom stereocenters. The van der Waals surface area contributed by atoms with Gasteiger partial charge in [-0.1, -0.05) is 13.8 Å². The Bertz CT molecular complexity index is 320. The summed E-state index contributed by atoms with van der Waals surface area (Å²) in [6, 6.07) is 3.62. The van der Waals surface area contributed by atoms with Crippen molar-refractivity contribution in [3.63, 3.8) is 0 Å². The largest absolute Gasteiger partial charge is 0.351 e. The van der Waals surface area contributed by atoms with Gasteiger partial charge in [0, 0.05) is 25.0 Å². The first-order valence-electron chi connectivity index (χ1n) is 5.95. The van der Waals surface area contributed by atoms with Crippen LogP contribution in [0.5, 0.6) is 0 Å². The molecule has 0 saturated carbocycles. The zero-order valence-electron chi connectivity index (χ0n) is 11.4. The predicted octanol–water partition coefficient (Wildman–Crippen LogP) is 1.71. The van der Waals surface area contributed by atoms with Crippen molar-refractivity contribution in [1.82, 2.24) is 15.2 Å². The van der Waals surface area contributed by atoms with E-state index >= 15 is 0 Å². The fourth-order valence-electron chi connectivity index (χ4n) is 1.10. The molecule has 0 radical (unpaired) electrons. The first-order valence-corrected chi connectivity index (χ1v) is 5.95. The van der Waals surface area contributed by atoms with Crippen LogP contribution in [0.3, 0.4) is 0 Å². The van der Waals surface area contributed by atoms with Gasteiger partial charge in [-0.05, 0) is 33.2 Å². The zero-order chi connectivity index (χ0) is 13.3. The molecule has 0 fully saturated rings. The average Bonchev–Trinajstić information content (AvgIpc) is 2.32. The Morgan fingerprint density at radius 1 is 1.35 bits per heavy atom. The number of rotatable bonds is 4. The van der Waals surface area contributed by atoms with E-state index < -0.39 is 0 Å². The van der Waals surface area contributed by atoms with E-state index in [4.69, 9.17) is 0 Å².